The van der Waals surface area contributed by atoms with E-state index in [0.29, 0.717) is 6.54 Å². The Morgan fingerprint density at radius 1 is 1.00 bits per heavy atom. The maximum atomic E-state index is 11.6. The van der Waals surface area contributed by atoms with E-state index >= 15 is 0 Å². The molecule has 5 heteroatoms. The monoisotopic (exact) mass is 276 g/mol. The molecule has 2 N–H and O–H groups in total. The molecule has 0 radical (unpaired) electrons. The number of nitrogens with one attached hydrogen (secondary N) is 2. The minimum absolute atomic E-state index is 0.271. The van der Waals surface area contributed by atoms with Crippen molar-refractivity contribution in [1.82, 2.24) is 10.0 Å². The first kappa shape index (κ1) is 15.9. The summed E-state index contributed by atoms with van der Waals surface area (Å²) in [7, 11) is -3.03. The normalized spacial score (nSPS) is 16.1. The fourth-order valence-electron chi connectivity index (χ4n) is 1.86. The summed E-state index contributed by atoms with van der Waals surface area (Å²) in [6.07, 6.45) is 8.72. The molecule has 0 unspecified atom stereocenters. The van der Waals surface area contributed by atoms with Gasteiger partial charge in [0, 0.05) is 12.6 Å². The van der Waals surface area contributed by atoms with E-state index in [1.165, 1.54) is 25.7 Å². The topological polar surface area (TPSA) is 58.2 Å². The summed E-state index contributed by atoms with van der Waals surface area (Å²) in [6, 6.07) is 0.721. The second kappa shape index (κ2) is 8.88. The summed E-state index contributed by atoms with van der Waals surface area (Å²) in [4.78, 5) is 0. The van der Waals surface area contributed by atoms with Gasteiger partial charge in [-0.1, -0.05) is 26.2 Å². The van der Waals surface area contributed by atoms with Crippen LogP contribution in [0.1, 0.15) is 58.3 Å². The minimum Gasteiger partial charge on any atom is -0.314 e. The molecule has 0 spiro atoms. The van der Waals surface area contributed by atoms with Crippen LogP contribution in [-0.4, -0.2) is 33.3 Å². The van der Waals surface area contributed by atoms with Crippen molar-refractivity contribution < 1.29 is 8.42 Å². The smallest absolute Gasteiger partial charge is 0.211 e. The van der Waals surface area contributed by atoms with Crippen molar-refractivity contribution in [2.75, 3.05) is 18.8 Å². The maximum Gasteiger partial charge on any atom is 0.211 e. The van der Waals surface area contributed by atoms with Crippen LogP contribution in [-0.2, 0) is 10.0 Å². The van der Waals surface area contributed by atoms with Gasteiger partial charge in [-0.05, 0) is 38.6 Å². The van der Waals surface area contributed by atoms with Gasteiger partial charge < -0.3 is 5.32 Å². The van der Waals surface area contributed by atoms with E-state index in [0.717, 1.165) is 38.3 Å². The second-order valence-corrected chi connectivity index (χ2v) is 7.14. The second-order valence-electron chi connectivity index (χ2n) is 5.21. The molecule has 1 fully saturated rings. The quantitative estimate of drug-likeness (QED) is 0.536. The first-order chi connectivity index (χ1) is 8.64. The number of hydrogen-bond donors (Lipinski definition) is 2. The molecule has 0 aromatic rings. The van der Waals surface area contributed by atoms with Crippen molar-refractivity contribution in [2.45, 2.75) is 64.3 Å². The van der Waals surface area contributed by atoms with Crippen molar-refractivity contribution in [3.8, 4) is 0 Å². The predicted octanol–water partition coefficient (Wildman–Crippen LogP) is 2.02. The lowest BCUT2D eigenvalue weighted by Gasteiger charge is -2.07. The minimum atomic E-state index is -3.03. The molecule has 0 bridgehead atoms. The van der Waals surface area contributed by atoms with Gasteiger partial charge in [0.25, 0.3) is 0 Å². The highest BCUT2D eigenvalue weighted by atomic mass is 32.2. The largest absolute Gasteiger partial charge is 0.314 e. The summed E-state index contributed by atoms with van der Waals surface area (Å²) in [5, 5.41) is 3.39. The Balaban J connectivity index is 1.92. The van der Waals surface area contributed by atoms with Gasteiger partial charge in [-0.25, -0.2) is 13.1 Å². The first-order valence-corrected chi connectivity index (χ1v) is 9.00. The van der Waals surface area contributed by atoms with Crippen LogP contribution in [0.4, 0.5) is 0 Å². The van der Waals surface area contributed by atoms with Gasteiger partial charge in [0.1, 0.15) is 0 Å². The molecule has 1 saturated carbocycles. The van der Waals surface area contributed by atoms with Crippen molar-refractivity contribution >= 4 is 10.0 Å². The molecule has 18 heavy (non-hydrogen) atoms. The van der Waals surface area contributed by atoms with Gasteiger partial charge in [-0.2, -0.15) is 0 Å². The molecule has 1 rings (SSSR count). The SMILES string of the molecule is CCCCCCNS(=O)(=O)CCCCNC1CC1. The zero-order valence-electron chi connectivity index (χ0n) is 11.6. The van der Waals surface area contributed by atoms with E-state index in [9.17, 15) is 8.42 Å². The van der Waals surface area contributed by atoms with Gasteiger partial charge >= 0.3 is 0 Å². The van der Waals surface area contributed by atoms with E-state index in [4.69, 9.17) is 0 Å². The van der Waals surface area contributed by atoms with Crippen LogP contribution in [0.2, 0.25) is 0 Å². The van der Waals surface area contributed by atoms with E-state index < -0.39 is 10.0 Å². The molecule has 4 nitrogen and oxygen atoms in total. The molecule has 0 amide bonds. The average molecular weight is 276 g/mol. The average Bonchev–Trinajstić information content (AvgIpc) is 3.12. The summed E-state index contributed by atoms with van der Waals surface area (Å²) in [5.41, 5.74) is 0. The Kier molecular flexibility index (Phi) is 7.86. The molecule has 0 heterocycles. The Hall–Kier alpha value is -0.130. The maximum absolute atomic E-state index is 11.6. The molecular formula is C13H28N2O2S. The Bertz CT molecular complexity index is 300. The van der Waals surface area contributed by atoms with E-state index in [2.05, 4.69) is 17.0 Å². The van der Waals surface area contributed by atoms with Crippen molar-refractivity contribution in [3.63, 3.8) is 0 Å². The molecule has 0 atom stereocenters. The Morgan fingerprint density at radius 3 is 2.39 bits per heavy atom. The first-order valence-electron chi connectivity index (χ1n) is 7.35. The number of sulfonamides is 1. The molecule has 108 valence electrons. The van der Waals surface area contributed by atoms with Gasteiger partial charge in [0.2, 0.25) is 10.0 Å². The van der Waals surface area contributed by atoms with Crippen LogP contribution in [0.25, 0.3) is 0 Å². The van der Waals surface area contributed by atoms with Crippen LogP contribution in [0.3, 0.4) is 0 Å². The zero-order valence-corrected chi connectivity index (χ0v) is 12.4. The Morgan fingerprint density at radius 2 is 1.72 bits per heavy atom. The van der Waals surface area contributed by atoms with Gasteiger partial charge in [0.15, 0.2) is 0 Å². The standard InChI is InChI=1S/C13H28N2O2S/c1-2-3-4-5-11-15-18(16,17)12-7-6-10-14-13-8-9-13/h13-15H,2-12H2,1H3. The van der Waals surface area contributed by atoms with Gasteiger partial charge in [-0.15, -0.1) is 0 Å². The highest BCUT2D eigenvalue weighted by Crippen LogP contribution is 2.18. The molecule has 0 aliphatic heterocycles. The van der Waals surface area contributed by atoms with Crippen molar-refractivity contribution in [1.29, 1.82) is 0 Å². The van der Waals surface area contributed by atoms with Crippen LogP contribution in [0.15, 0.2) is 0 Å². The fraction of sp³-hybridized carbons (Fsp3) is 1.00. The highest BCUT2D eigenvalue weighted by molar-refractivity contribution is 7.89. The summed E-state index contributed by atoms with van der Waals surface area (Å²) >= 11 is 0. The third-order valence-corrected chi connectivity index (χ3v) is 4.67. The van der Waals surface area contributed by atoms with Crippen LogP contribution in [0, 0.1) is 0 Å². The van der Waals surface area contributed by atoms with E-state index in [1.807, 2.05) is 0 Å². The fourth-order valence-corrected chi connectivity index (χ4v) is 3.05. The van der Waals surface area contributed by atoms with Crippen LogP contribution in [0.5, 0.6) is 0 Å². The third-order valence-electron chi connectivity index (χ3n) is 3.20. The lowest BCUT2D eigenvalue weighted by Crippen LogP contribution is -2.28. The number of unbranched alkanes of at least 4 members (excludes halogenated alkanes) is 4. The predicted molar refractivity (Wildman–Crippen MR) is 76.2 cm³/mol. The number of rotatable bonds is 12. The summed E-state index contributed by atoms with van der Waals surface area (Å²) in [5.74, 6) is 0.271. The lowest BCUT2D eigenvalue weighted by atomic mass is 10.2. The molecule has 0 aromatic heterocycles. The van der Waals surface area contributed by atoms with Crippen molar-refractivity contribution in [2.24, 2.45) is 0 Å². The third kappa shape index (κ3) is 8.89. The lowest BCUT2D eigenvalue weighted by molar-refractivity contribution is 0.566. The van der Waals surface area contributed by atoms with Crippen LogP contribution < -0.4 is 10.0 Å². The zero-order chi connectivity index (χ0) is 13.3. The van der Waals surface area contributed by atoms with Crippen molar-refractivity contribution in [3.05, 3.63) is 0 Å². The summed E-state index contributed by atoms with van der Waals surface area (Å²) < 4.78 is 26.0. The molecule has 1 aliphatic carbocycles. The van der Waals surface area contributed by atoms with Gasteiger partial charge in [0.05, 0.1) is 5.75 Å². The highest BCUT2D eigenvalue weighted by Gasteiger charge is 2.19. The van der Waals surface area contributed by atoms with E-state index in [-0.39, 0.29) is 5.75 Å². The number of hydrogen-bond acceptors (Lipinski definition) is 3. The molecular weight excluding hydrogens is 248 g/mol. The van der Waals surface area contributed by atoms with E-state index in [1.54, 1.807) is 0 Å². The molecule has 0 saturated heterocycles. The van der Waals surface area contributed by atoms with Crippen LogP contribution >= 0.6 is 0 Å². The molecule has 1 aliphatic rings. The molecule has 0 aromatic carbocycles. The summed E-state index contributed by atoms with van der Waals surface area (Å²) in [6.45, 7) is 3.71. The Labute approximate surface area is 112 Å². The van der Waals surface area contributed by atoms with Gasteiger partial charge in [-0.3, -0.25) is 0 Å².